The molecule has 2 rings (SSSR count). The van der Waals surface area contributed by atoms with Gasteiger partial charge in [0.2, 0.25) is 5.91 Å². The number of nitrogens with zero attached hydrogens (tertiary/aromatic N) is 4. The van der Waals surface area contributed by atoms with E-state index in [2.05, 4.69) is 20.8 Å². The van der Waals surface area contributed by atoms with E-state index in [-0.39, 0.29) is 24.4 Å². The lowest BCUT2D eigenvalue weighted by Gasteiger charge is -2.24. The van der Waals surface area contributed by atoms with Crippen LogP contribution in [0, 0.1) is 0 Å². The van der Waals surface area contributed by atoms with Crippen molar-refractivity contribution in [3.05, 3.63) is 5.82 Å². The van der Waals surface area contributed by atoms with E-state index in [1.807, 2.05) is 0 Å². The Balaban J connectivity index is 2.01. The highest BCUT2D eigenvalue weighted by atomic mass is 16.5. The molecule has 1 aromatic heterocycles. The van der Waals surface area contributed by atoms with E-state index >= 15 is 0 Å². The van der Waals surface area contributed by atoms with Gasteiger partial charge in [-0.1, -0.05) is 19.3 Å². The molecule has 1 amide bonds. The molecule has 21 heavy (non-hydrogen) atoms. The summed E-state index contributed by atoms with van der Waals surface area (Å²) < 4.78 is 6.08. The Bertz CT molecular complexity index is 496. The Morgan fingerprint density at radius 3 is 2.76 bits per heavy atom. The summed E-state index contributed by atoms with van der Waals surface area (Å²) in [6.07, 6.45) is 5.50. The highest BCUT2D eigenvalue weighted by Gasteiger charge is 2.26. The third-order valence-corrected chi connectivity index (χ3v) is 3.65. The van der Waals surface area contributed by atoms with Gasteiger partial charge in [-0.15, -0.1) is 5.10 Å². The number of nitrogens with one attached hydrogen (secondary N) is 1. The first kappa shape index (κ1) is 15.4. The lowest BCUT2D eigenvalue weighted by molar-refractivity contribution is -0.125. The summed E-state index contributed by atoms with van der Waals surface area (Å²) >= 11 is 0. The molecule has 0 spiro atoms. The number of ether oxygens (including phenoxy) is 1. The molecule has 0 radical (unpaired) electrons. The van der Waals surface area contributed by atoms with E-state index < -0.39 is 12.0 Å². The van der Waals surface area contributed by atoms with E-state index in [0.717, 1.165) is 25.7 Å². The van der Waals surface area contributed by atoms with Crippen LogP contribution >= 0.6 is 0 Å². The zero-order valence-corrected chi connectivity index (χ0v) is 12.4. The van der Waals surface area contributed by atoms with Gasteiger partial charge in [0, 0.05) is 6.04 Å². The maximum absolute atomic E-state index is 12.3. The molecule has 0 aliphatic heterocycles. The third kappa shape index (κ3) is 3.77. The van der Waals surface area contributed by atoms with Gasteiger partial charge in [-0.2, -0.15) is 0 Å². The number of tetrazole rings is 1. The monoisotopic (exact) mass is 295 g/mol. The van der Waals surface area contributed by atoms with Gasteiger partial charge in [-0.3, -0.25) is 4.79 Å². The molecule has 1 N–H and O–H groups in total. The maximum Gasteiger partial charge on any atom is 0.378 e. The fourth-order valence-electron chi connectivity index (χ4n) is 2.46. The standard InChI is InChI=1S/C13H21N5O3/c1-3-21-13(20)11-15-16-17-18(11)9(2)12(19)14-10-7-5-4-6-8-10/h9-10H,3-8H2,1-2H3,(H,14,19). The smallest absolute Gasteiger partial charge is 0.378 e. The van der Waals surface area contributed by atoms with Crippen LogP contribution in [0.4, 0.5) is 0 Å². The lowest BCUT2D eigenvalue weighted by Crippen LogP contribution is -2.40. The van der Waals surface area contributed by atoms with Crippen molar-refractivity contribution in [3.63, 3.8) is 0 Å². The second-order valence-electron chi connectivity index (χ2n) is 5.19. The van der Waals surface area contributed by atoms with E-state index in [1.54, 1.807) is 13.8 Å². The molecular formula is C13H21N5O3. The van der Waals surface area contributed by atoms with Crippen LogP contribution in [0.25, 0.3) is 0 Å². The first-order valence-corrected chi connectivity index (χ1v) is 7.38. The highest BCUT2D eigenvalue weighted by molar-refractivity contribution is 5.87. The molecule has 8 heteroatoms. The second kappa shape index (κ2) is 7.14. The Morgan fingerprint density at radius 1 is 1.38 bits per heavy atom. The molecule has 1 atom stereocenters. The molecular weight excluding hydrogens is 274 g/mol. The van der Waals surface area contributed by atoms with Crippen LogP contribution in [-0.2, 0) is 9.53 Å². The molecule has 0 saturated heterocycles. The van der Waals surface area contributed by atoms with Crippen molar-refractivity contribution < 1.29 is 14.3 Å². The Labute approximate surface area is 123 Å². The van der Waals surface area contributed by atoms with E-state index in [4.69, 9.17) is 4.74 Å². The van der Waals surface area contributed by atoms with Gasteiger partial charge in [-0.05, 0) is 37.1 Å². The highest BCUT2D eigenvalue weighted by Crippen LogP contribution is 2.18. The largest absolute Gasteiger partial charge is 0.460 e. The molecule has 1 aliphatic rings. The number of hydrogen-bond acceptors (Lipinski definition) is 6. The molecule has 1 fully saturated rings. The predicted molar refractivity (Wildman–Crippen MR) is 73.5 cm³/mol. The van der Waals surface area contributed by atoms with Crippen molar-refractivity contribution in [3.8, 4) is 0 Å². The van der Waals surface area contributed by atoms with Crippen molar-refractivity contribution in [1.82, 2.24) is 25.5 Å². The van der Waals surface area contributed by atoms with Gasteiger partial charge in [0.1, 0.15) is 6.04 Å². The van der Waals surface area contributed by atoms with Crippen LogP contribution in [0.1, 0.15) is 62.6 Å². The third-order valence-electron chi connectivity index (χ3n) is 3.65. The normalized spacial score (nSPS) is 17.2. The quantitative estimate of drug-likeness (QED) is 0.809. The van der Waals surface area contributed by atoms with Crippen molar-refractivity contribution in [2.45, 2.75) is 58.0 Å². The van der Waals surface area contributed by atoms with Gasteiger partial charge in [0.15, 0.2) is 0 Å². The average Bonchev–Trinajstić information content (AvgIpc) is 2.97. The number of amides is 1. The zero-order chi connectivity index (χ0) is 15.2. The topological polar surface area (TPSA) is 99.0 Å². The molecule has 116 valence electrons. The number of aromatic nitrogens is 4. The fourth-order valence-corrected chi connectivity index (χ4v) is 2.46. The minimum atomic E-state index is -0.652. The first-order chi connectivity index (χ1) is 10.1. The second-order valence-corrected chi connectivity index (χ2v) is 5.19. The van der Waals surface area contributed by atoms with Gasteiger partial charge >= 0.3 is 5.97 Å². The maximum atomic E-state index is 12.3. The van der Waals surface area contributed by atoms with Gasteiger partial charge in [0.25, 0.3) is 5.82 Å². The molecule has 1 saturated carbocycles. The Morgan fingerprint density at radius 2 is 2.10 bits per heavy atom. The van der Waals surface area contributed by atoms with Crippen molar-refractivity contribution in [2.24, 2.45) is 0 Å². The van der Waals surface area contributed by atoms with Crippen molar-refractivity contribution >= 4 is 11.9 Å². The summed E-state index contributed by atoms with van der Waals surface area (Å²) in [7, 11) is 0. The zero-order valence-electron chi connectivity index (χ0n) is 12.4. The summed E-state index contributed by atoms with van der Waals surface area (Å²) in [4.78, 5) is 24.0. The number of esters is 1. The Kier molecular flexibility index (Phi) is 5.24. The number of hydrogen-bond donors (Lipinski definition) is 1. The van der Waals surface area contributed by atoms with E-state index in [0.29, 0.717) is 0 Å². The lowest BCUT2D eigenvalue weighted by atomic mass is 9.95. The van der Waals surface area contributed by atoms with E-state index in [1.165, 1.54) is 11.1 Å². The number of carbonyl (C=O) groups is 2. The summed E-state index contributed by atoms with van der Waals surface area (Å²) in [5, 5.41) is 13.8. The van der Waals surface area contributed by atoms with Crippen molar-refractivity contribution in [2.75, 3.05) is 6.61 Å². The molecule has 8 nitrogen and oxygen atoms in total. The summed E-state index contributed by atoms with van der Waals surface area (Å²) in [6.45, 7) is 3.59. The Hall–Kier alpha value is -1.99. The molecule has 0 aromatic carbocycles. The summed E-state index contributed by atoms with van der Waals surface area (Å²) in [6, 6.07) is -0.447. The number of rotatable bonds is 5. The van der Waals surface area contributed by atoms with Crippen molar-refractivity contribution in [1.29, 1.82) is 0 Å². The minimum Gasteiger partial charge on any atom is -0.460 e. The molecule has 1 aliphatic carbocycles. The molecule has 0 bridgehead atoms. The molecule has 1 unspecified atom stereocenters. The first-order valence-electron chi connectivity index (χ1n) is 7.38. The fraction of sp³-hybridized carbons (Fsp3) is 0.769. The number of carbonyl (C=O) groups excluding carboxylic acids is 2. The predicted octanol–water partition coefficient (Wildman–Crippen LogP) is 0.860. The molecule has 1 heterocycles. The molecule has 1 aromatic rings. The van der Waals surface area contributed by atoms with Crippen LogP contribution in [0.15, 0.2) is 0 Å². The van der Waals surface area contributed by atoms with Gasteiger partial charge in [-0.25, -0.2) is 9.48 Å². The summed E-state index contributed by atoms with van der Waals surface area (Å²) in [5.41, 5.74) is 0. The van der Waals surface area contributed by atoms with E-state index in [9.17, 15) is 9.59 Å². The van der Waals surface area contributed by atoms with Crippen LogP contribution < -0.4 is 5.32 Å². The van der Waals surface area contributed by atoms with Crippen LogP contribution in [-0.4, -0.2) is 44.7 Å². The van der Waals surface area contributed by atoms with Gasteiger partial charge < -0.3 is 10.1 Å². The van der Waals surface area contributed by atoms with Crippen LogP contribution in [0.2, 0.25) is 0 Å². The summed E-state index contributed by atoms with van der Waals surface area (Å²) in [5.74, 6) is -0.859. The SMILES string of the molecule is CCOC(=O)c1nnnn1C(C)C(=O)NC1CCCCC1. The minimum absolute atomic E-state index is 0.0526. The average molecular weight is 295 g/mol. The van der Waals surface area contributed by atoms with Gasteiger partial charge in [0.05, 0.1) is 6.61 Å². The van der Waals surface area contributed by atoms with Crippen LogP contribution in [0.3, 0.4) is 0 Å². The van der Waals surface area contributed by atoms with Crippen LogP contribution in [0.5, 0.6) is 0 Å².